The van der Waals surface area contributed by atoms with E-state index in [0.29, 0.717) is 17.7 Å². The monoisotopic (exact) mass is 315 g/mol. The quantitative estimate of drug-likeness (QED) is 0.643. The van der Waals surface area contributed by atoms with Gasteiger partial charge in [-0.3, -0.25) is 14.6 Å². The molecule has 1 aliphatic carbocycles. The van der Waals surface area contributed by atoms with E-state index >= 15 is 0 Å². The minimum Gasteiger partial charge on any atom is -0.337 e. The minimum absolute atomic E-state index is 0.149. The topological polar surface area (TPSA) is 64.3 Å². The van der Waals surface area contributed by atoms with Crippen LogP contribution in [0.3, 0.4) is 0 Å². The lowest BCUT2D eigenvalue weighted by molar-refractivity contribution is 0.0967. The van der Waals surface area contributed by atoms with E-state index in [1.165, 1.54) is 0 Å². The first-order chi connectivity index (χ1) is 10.7. The Bertz CT molecular complexity index is 738. The van der Waals surface area contributed by atoms with Gasteiger partial charge < -0.3 is 4.57 Å². The molecule has 1 atom stereocenters. The van der Waals surface area contributed by atoms with Gasteiger partial charge in [-0.25, -0.2) is 4.98 Å². The van der Waals surface area contributed by atoms with Crippen LogP contribution in [0.15, 0.2) is 48.0 Å². The number of carbonyl (C=O) groups excluding carboxylic acids is 2. The van der Waals surface area contributed by atoms with Gasteiger partial charge in [0.25, 0.3) is 0 Å². The first-order valence-corrected chi connectivity index (χ1v) is 7.44. The summed E-state index contributed by atoms with van der Waals surface area (Å²) < 4.78 is 1.93. The van der Waals surface area contributed by atoms with Gasteiger partial charge in [-0.05, 0) is 6.42 Å². The van der Waals surface area contributed by atoms with Crippen LogP contribution in [0.1, 0.15) is 27.1 Å². The van der Waals surface area contributed by atoms with E-state index in [0.717, 1.165) is 13.0 Å². The molecule has 1 aromatic carbocycles. The molecule has 0 saturated carbocycles. The largest absolute Gasteiger partial charge is 0.337 e. The second kappa shape index (κ2) is 6.23. The van der Waals surface area contributed by atoms with E-state index in [1.807, 2.05) is 10.8 Å². The highest BCUT2D eigenvalue weighted by Gasteiger charge is 2.36. The number of alkyl halides is 1. The number of hydrogen-bond donors (Lipinski definition) is 0. The number of halogens is 1. The number of Topliss-reactive ketones (excluding diaryl/α,β-unsaturated/α-hetero) is 2. The highest BCUT2D eigenvalue weighted by atomic mass is 35.5. The molecule has 0 fully saturated rings. The van der Waals surface area contributed by atoms with Crippen molar-refractivity contribution in [2.75, 3.05) is 6.54 Å². The van der Waals surface area contributed by atoms with Crippen molar-refractivity contribution in [2.45, 2.75) is 18.3 Å². The Kier molecular flexibility index (Phi) is 4.15. The summed E-state index contributed by atoms with van der Waals surface area (Å²) in [6.45, 7) is 1.19. The van der Waals surface area contributed by atoms with E-state index in [2.05, 4.69) is 9.98 Å². The van der Waals surface area contributed by atoms with Crippen LogP contribution in [0.2, 0.25) is 0 Å². The van der Waals surface area contributed by atoms with Crippen LogP contribution in [-0.4, -0.2) is 38.8 Å². The van der Waals surface area contributed by atoms with Crippen molar-refractivity contribution in [3.05, 3.63) is 54.1 Å². The number of fused-ring (bicyclic) bond motifs is 1. The fourth-order valence-corrected chi connectivity index (χ4v) is 2.72. The lowest BCUT2D eigenvalue weighted by atomic mass is 9.88. The summed E-state index contributed by atoms with van der Waals surface area (Å²) in [6, 6.07) is 6.72. The van der Waals surface area contributed by atoms with Crippen molar-refractivity contribution in [2.24, 2.45) is 4.99 Å². The van der Waals surface area contributed by atoms with Crippen molar-refractivity contribution in [1.29, 1.82) is 0 Å². The molecular weight excluding hydrogens is 302 g/mol. The van der Waals surface area contributed by atoms with Crippen LogP contribution >= 0.6 is 11.6 Å². The van der Waals surface area contributed by atoms with Crippen molar-refractivity contribution >= 4 is 28.9 Å². The Balaban J connectivity index is 1.74. The third-order valence-corrected chi connectivity index (χ3v) is 3.96. The van der Waals surface area contributed by atoms with Crippen LogP contribution in [0.5, 0.6) is 0 Å². The van der Waals surface area contributed by atoms with E-state index in [-0.39, 0.29) is 17.3 Å². The summed E-state index contributed by atoms with van der Waals surface area (Å²) in [5, 5.41) is -0.990. The Hall–Kier alpha value is -2.27. The number of aliphatic imine (C=N–C) groups is 1. The molecule has 0 spiro atoms. The van der Waals surface area contributed by atoms with Crippen LogP contribution in [0.4, 0.5) is 0 Å². The number of rotatable bonds is 4. The van der Waals surface area contributed by atoms with Gasteiger partial charge in [0.1, 0.15) is 11.1 Å². The molecule has 0 amide bonds. The molecule has 1 unspecified atom stereocenters. The molecule has 0 bridgehead atoms. The average molecular weight is 316 g/mol. The van der Waals surface area contributed by atoms with E-state index in [9.17, 15) is 9.59 Å². The van der Waals surface area contributed by atoms with Crippen molar-refractivity contribution < 1.29 is 9.59 Å². The molecule has 0 saturated heterocycles. The number of imidazole rings is 1. The van der Waals surface area contributed by atoms with E-state index in [4.69, 9.17) is 11.6 Å². The molecule has 6 heteroatoms. The SMILES string of the molecule is O=C1C(=NCCCn2ccnc2)C(Cl)C(=O)c2ccccc21. The molecule has 1 aliphatic rings. The smallest absolute Gasteiger partial charge is 0.209 e. The normalized spacial score (nSPS) is 19.5. The molecule has 0 aliphatic heterocycles. The number of nitrogens with zero attached hydrogens (tertiary/aromatic N) is 3. The Morgan fingerprint density at radius 3 is 2.73 bits per heavy atom. The predicted molar refractivity (Wildman–Crippen MR) is 83.9 cm³/mol. The van der Waals surface area contributed by atoms with E-state index < -0.39 is 5.38 Å². The highest BCUT2D eigenvalue weighted by Crippen LogP contribution is 2.23. The van der Waals surface area contributed by atoms with Crippen LogP contribution in [-0.2, 0) is 6.54 Å². The fraction of sp³-hybridized carbons (Fsp3) is 0.250. The summed E-state index contributed by atoms with van der Waals surface area (Å²) in [5.74, 6) is -0.511. The van der Waals surface area contributed by atoms with Gasteiger partial charge in [0, 0.05) is 36.6 Å². The molecule has 1 aromatic heterocycles. The van der Waals surface area contributed by atoms with Gasteiger partial charge in [-0.2, -0.15) is 0 Å². The summed E-state index contributed by atoms with van der Waals surface area (Å²) in [4.78, 5) is 32.9. The lowest BCUT2D eigenvalue weighted by Crippen LogP contribution is -2.38. The maximum absolute atomic E-state index is 12.4. The lowest BCUT2D eigenvalue weighted by Gasteiger charge is -2.19. The van der Waals surface area contributed by atoms with Gasteiger partial charge in [0.2, 0.25) is 5.78 Å². The fourth-order valence-electron chi connectivity index (χ4n) is 2.43. The highest BCUT2D eigenvalue weighted by molar-refractivity contribution is 6.64. The third kappa shape index (κ3) is 2.72. The minimum atomic E-state index is -0.990. The van der Waals surface area contributed by atoms with Crippen molar-refractivity contribution in [3.8, 4) is 0 Å². The second-order valence-corrected chi connectivity index (χ2v) is 5.46. The molecule has 3 rings (SSSR count). The summed E-state index contributed by atoms with van der Waals surface area (Å²) in [6.07, 6.45) is 6.04. The van der Waals surface area contributed by atoms with Gasteiger partial charge in [0.05, 0.1) is 6.33 Å². The zero-order valence-electron chi connectivity index (χ0n) is 11.8. The summed E-state index contributed by atoms with van der Waals surface area (Å²) >= 11 is 6.12. The third-order valence-electron chi connectivity index (χ3n) is 3.56. The maximum Gasteiger partial charge on any atom is 0.209 e. The van der Waals surface area contributed by atoms with E-state index in [1.54, 1.807) is 36.8 Å². The zero-order valence-corrected chi connectivity index (χ0v) is 12.5. The molecule has 112 valence electrons. The van der Waals surface area contributed by atoms with Crippen LogP contribution in [0, 0.1) is 0 Å². The van der Waals surface area contributed by atoms with Crippen molar-refractivity contribution in [1.82, 2.24) is 9.55 Å². The molecule has 2 aromatic rings. The molecule has 0 radical (unpaired) electrons. The predicted octanol–water partition coefficient (Wildman–Crippen LogP) is 2.40. The van der Waals surface area contributed by atoms with Gasteiger partial charge in [-0.1, -0.05) is 24.3 Å². The molecule has 1 heterocycles. The molecule has 22 heavy (non-hydrogen) atoms. The Morgan fingerprint density at radius 1 is 1.23 bits per heavy atom. The number of hydrogen-bond acceptors (Lipinski definition) is 4. The number of aryl methyl sites for hydroxylation is 1. The molecular formula is C16H14ClN3O2. The number of ketones is 2. The zero-order chi connectivity index (χ0) is 15.5. The van der Waals surface area contributed by atoms with Crippen molar-refractivity contribution in [3.63, 3.8) is 0 Å². The van der Waals surface area contributed by atoms with Crippen LogP contribution < -0.4 is 0 Å². The number of aromatic nitrogens is 2. The maximum atomic E-state index is 12.4. The standard InChI is InChI=1S/C16H14ClN3O2/c17-13-14(19-6-3-8-20-9-7-18-10-20)16(22)12-5-2-1-4-11(12)15(13)21/h1-2,4-5,7,9-10,13H,3,6,8H2. The van der Waals surface area contributed by atoms with Gasteiger partial charge in [0.15, 0.2) is 5.78 Å². The Morgan fingerprint density at radius 2 is 2.00 bits per heavy atom. The molecule has 5 nitrogen and oxygen atoms in total. The van der Waals surface area contributed by atoms with Gasteiger partial charge >= 0.3 is 0 Å². The molecule has 0 N–H and O–H groups in total. The second-order valence-electron chi connectivity index (χ2n) is 5.02. The summed E-state index contributed by atoms with van der Waals surface area (Å²) in [7, 11) is 0. The summed E-state index contributed by atoms with van der Waals surface area (Å²) in [5.41, 5.74) is 0.915. The number of benzene rings is 1. The van der Waals surface area contributed by atoms with Crippen LogP contribution in [0.25, 0.3) is 0 Å². The average Bonchev–Trinajstić information content (AvgIpc) is 3.05. The van der Waals surface area contributed by atoms with Gasteiger partial charge in [-0.15, -0.1) is 11.6 Å². The first-order valence-electron chi connectivity index (χ1n) is 7.00. The Labute approximate surface area is 132 Å². The first kappa shape index (κ1) is 14.7. The number of carbonyl (C=O) groups is 2.